The summed E-state index contributed by atoms with van der Waals surface area (Å²) < 4.78 is 5.10. The van der Waals surface area contributed by atoms with Gasteiger partial charge >= 0.3 is 0 Å². The van der Waals surface area contributed by atoms with Crippen molar-refractivity contribution in [2.45, 2.75) is 0 Å². The molecule has 11 rings (SSSR count). The minimum absolute atomic E-state index is 0.643. The fourth-order valence-electron chi connectivity index (χ4n) is 7.89. The number of hydrogen-bond donors (Lipinski definition) is 0. The van der Waals surface area contributed by atoms with Crippen molar-refractivity contribution >= 4 is 74.9 Å². The Morgan fingerprint density at radius 1 is 0.385 bits per heavy atom. The predicted octanol–water partition coefficient (Wildman–Crippen LogP) is 12.6. The molecule has 0 amide bonds. The third-order valence-electron chi connectivity index (χ3n) is 10.2. The standard InChI is InChI=1S/C47H28N4S/c1-3-14-30(15-4-1)45-48-46(31-16-5-2-6-17-31)50-47(49-45)32-23-26-33(27-24-32)51-38-28-25-29-13-7-8-18-34(29)40(38)41-35-19-9-10-20-36(35)44-42(43(41)51)37-21-11-12-22-39(37)52-44/h1-28H. The van der Waals surface area contributed by atoms with Crippen LogP contribution in [0.4, 0.5) is 0 Å². The molecule has 0 aliphatic carbocycles. The third kappa shape index (κ3) is 4.36. The zero-order chi connectivity index (χ0) is 34.2. The van der Waals surface area contributed by atoms with Crippen LogP contribution in [-0.4, -0.2) is 19.5 Å². The first kappa shape index (κ1) is 29.1. The van der Waals surface area contributed by atoms with E-state index in [1.807, 2.05) is 72.0 Å². The van der Waals surface area contributed by atoms with Gasteiger partial charge in [0.1, 0.15) is 0 Å². The first-order valence-corrected chi connectivity index (χ1v) is 18.3. The molecule has 0 N–H and O–H groups in total. The van der Waals surface area contributed by atoms with Gasteiger partial charge in [0, 0.05) is 58.7 Å². The van der Waals surface area contributed by atoms with Gasteiger partial charge in [0.25, 0.3) is 0 Å². The normalized spacial score (nSPS) is 11.8. The van der Waals surface area contributed by atoms with Gasteiger partial charge in [0.2, 0.25) is 0 Å². The molecule has 0 radical (unpaired) electrons. The molecule has 0 unspecified atom stereocenters. The molecule has 0 aliphatic rings. The van der Waals surface area contributed by atoms with Gasteiger partial charge in [-0.15, -0.1) is 11.3 Å². The Hall–Kier alpha value is -6.69. The van der Waals surface area contributed by atoms with Crippen LogP contribution in [0.5, 0.6) is 0 Å². The van der Waals surface area contributed by atoms with Gasteiger partial charge in [-0.25, -0.2) is 15.0 Å². The average molecular weight is 681 g/mol. The average Bonchev–Trinajstić information content (AvgIpc) is 3.79. The van der Waals surface area contributed by atoms with E-state index in [2.05, 4.69) is 114 Å². The molecule has 8 aromatic carbocycles. The van der Waals surface area contributed by atoms with E-state index in [1.165, 1.54) is 63.5 Å². The molecule has 0 saturated carbocycles. The minimum Gasteiger partial charge on any atom is -0.309 e. The highest BCUT2D eigenvalue weighted by Gasteiger charge is 2.23. The van der Waals surface area contributed by atoms with Crippen molar-refractivity contribution in [2.24, 2.45) is 0 Å². The smallest absolute Gasteiger partial charge is 0.164 e. The molecule has 3 heterocycles. The Morgan fingerprint density at radius 2 is 0.923 bits per heavy atom. The highest BCUT2D eigenvalue weighted by molar-refractivity contribution is 7.27. The molecular formula is C47H28N4S. The third-order valence-corrected chi connectivity index (χ3v) is 11.4. The van der Waals surface area contributed by atoms with E-state index < -0.39 is 0 Å². The van der Waals surface area contributed by atoms with Crippen molar-refractivity contribution in [1.29, 1.82) is 0 Å². The van der Waals surface area contributed by atoms with Crippen LogP contribution in [0, 0.1) is 0 Å². The zero-order valence-corrected chi connectivity index (χ0v) is 28.7. The van der Waals surface area contributed by atoms with E-state index in [9.17, 15) is 0 Å². The van der Waals surface area contributed by atoms with Crippen LogP contribution in [0.3, 0.4) is 0 Å². The van der Waals surface area contributed by atoms with Crippen molar-refractivity contribution < 1.29 is 0 Å². The zero-order valence-electron chi connectivity index (χ0n) is 27.9. The number of fused-ring (bicyclic) bond motifs is 12. The molecule has 0 saturated heterocycles. The summed E-state index contributed by atoms with van der Waals surface area (Å²) >= 11 is 1.89. The summed E-state index contributed by atoms with van der Waals surface area (Å²) in [5.74, 6) is 1.95. The van der Waals surface area contributed by atoms with E-state index >= 15 is 0 Å². The number of hydrogen-bond acceptors (Lipinski definition) is 4. The summed E-state index contributed by atoms with van der Waals surface area (Å²) in [6.07, 6.45) is 0. The van der Waals surface area contributed by atoms with Crippen molar-refractivity contribution in [3.8, 4) is 39.9 Å². The van der Waals surface area contributed by atoms with Crippen LogP contribution in [0.25, 0.3) is 103 Å². The topological polar surface area (TPSA) is 43.6 Å². The number of thiophene rings is 1. The molecule has 5 heteroatoms. The van der Waals surface area contributed by atoms with E-state index in [0.29, 0.717) is 17.5 Å². The summed E-state index contributed by atoms with van der Waals surface area (Å²) in [4.78, 5) is 14.9. The molecule has 0 bridgehead atoms. The number of nitrogens with zero attached hydrogens (tertiary/aromatic N) is 4. The van der Waals surface area contributed by atoms with Gasteiger partial charge in [-0.3, -0.25) is 0 Å². The van der Waals surface area contributed by atoms with Crippen molar-refractivity contribution in [3.63, 3.8) is 0 Å². The van der Waals surface area contributed by atoms with Crippen LogP contribution in [0.1, 0.15) is 0 Å². The van der Waals surface area contributed by atoms with E-state index in [0.717, 1.165) is 22.4 Å². The molecule has 242 valence electrons. The monoisotopic (exact) mass is 680 g/mol. The SMILES string of the molecule is c1ccc(-c2nc(-c3ccccc3)nc(-c3ccc(-n4c5ccc6ccccc6c5c5c6ccccc6c6sc7ccccc7c6c54)cc3)n2)cc1. The maximum atomic E-state index is 5.00. The molecule has 52 heavy (non-hydrogen) atoms. The van der Waals surface area contributed by atoms with Crippen molar-refractivity contribution in [2.75, 3.05) is 0 Å². The fraction of sp³-hybridized carbons (Fsp3) is 0. The van der Waals surface area contributed by atoms with E-state index in [4.69, 9.17) is 15.0 Å². The largest absolute Gasteiger partial charge is 0.309 e. The Labute approximate surface area is 302 Å². The summed E-state index contributed by atoms with van der Waals surface area (Å²) in [6, 6.07) is 60.1. The second-order valence-electron chi connectivity index (χ2n) is 13.2. The van der Waals surface area contributed by atoms with Gasteiger partial charge in [0.15, 0.2) is 17.5 Å². The number of benzene rings is 8. The van der Waals surface area contributed by atoms with E-state index in [1.54, 1.807) is 0 Å². The molecule has 11 aromatic rings. The molecule has 0 fully saturated rings. The van der Waals surface area contributed by atoms with Crippen molar-refractivity contribution in [3.05, 3.63) is 170 Å². The lowest BCUT2D eigenvalue weighted by Crippen LogP contribution is -2.00. The molecule has 3 aromatic heterocycles. The molecule has 4 nitrogen and oxygen atoms in total. The molecule has 0 spiro atoms. The lowest BCUT2D eigenvalue weighted by atomic mass is 9.97. The summed E-state index contributed by atoms with van der Waals surface area (Å²) in [6.45, 7) is 0. The highest BCUT2D eigenvalue weighted by atomic mass is 32.1. The summed E-state index contributed by atoms with van der Waals surface area (Å²) in [7, 11) is 0. The first-order chi connectivity index (χ1) is 25.8. The van der Waals surface area contributed by atoms with E-state index in [-0.39, 0.29) is 0 Å². The lowest BCUT2D eigenvalue weighted by molar-refractivity contribution is 1.07. The Balaban J connectivity index is 1.20. The second-order valence-corrected chi connectivity index (χ2v) is 14.2. The Morgan fingerprint density at radius 3 is 1.60 bits per heavy atom. The molecular weight excluding hydrogens is 653 g/mol. The number of rotatable bonds is 4. The van der Waals surface area contributed by atoms with Gasteiger partial charge < -0.3 is 4.57 Å². The van der Waals surface area contributed by atoms with Gasteiger partial charge in [-0.2, -0.15) is 0 Å². The number of aromatic nitrogens is 4. The second kappa shape index (κ2) is 11.4. The van der Waals surface area contributed by atoms with Gasteiger partial charge in [-0.05, 0) is 52.6 Å². The Kier molecular flexibility index (Phi) is 6.39. The maximum Gasteiger partial charge on any atom is 0.164 e. The van der Waals surface area contributed by atoms with Gasteiger partial charge in [0.05, 0.1) is 11.0 Å². The quantitative estimate of drug-likeness (QED) is 0.186. The summed E-state index contributed by atoms with van der Waals surface area (Å²) in [5.41, 5.74) is 6.36. The fourth-order valence-corrected chi connectivity index (χ4v) is 9.14. The van der Waals surface area contributed by atoms with Crippen LogP contribution < -0.4 is 0 Å². The Bertz CT molecular complexity index is 3100. The molecule has 0 atom stereocenters. The minimum atomic E-state index is 0.643. The molecule has 0 aliphatic heterocycles. The maximum absolute atomic E-state index is 5.00. The van der Waals surface area contributed by atoms with Gasteiger partial charge in [-0.1, -0.05) is 133 Å². The predicted molar refractivity (Wildman–Crippen MR) is 218 cm³/mol. The lowest BCUT2D eigenvalue weighted by Gasteiger charge is -2.12. The van der Waals surface area contributed by atoms with Crippen LogP contribution in [-0.2, 0) is 0 Å². The first-order valence-electron chi connectivity index (χ1n) is 17.5. The summed E-state index contributed by atoms with van der Waals surface area (Å²) in [5, 5.41) is 10.2. The van der Waals surface area contributed by atoms with Crippen LogP contribution >= 0.6 is 11.3 Å². The van der Waals surface area contributed by atoms with Crippen LogP contribution in [0.15, 0.2) is 170 Å². The highest BCUT2D eigenvalue weighted by Crippen LogP contribution is 2.49. The van der Waals surface area contributed by atoms with Crippen LogP contribution in [0.2, 0.25) is 0 Å². The van der Waals surface area contributed by atoms with Crippen molar-refractivity contribution in [1.82, 2.24) is 19.5 Å².